The summed E-state index contributed by atoms with van der Waals surface area (Å²) in [4.78, 5) is 2.44. The molecule has 0 aromatic heterocycles. The first kappa shape index (κ1) is 15.0. The van der Waals surface area contributed by atoms with Crippen molar-refractivity contribution in [3.8, 4) is 17.2 Å². The van der Waals surface area contributed by atoms with E-state index in [0.29, 0.717) is 11.5 Å². The summed E-state index contributed by atoms with van der Waals surface area (Å²) in [5.41, 5.74) is 0.990. The number of piperidine rings is 1. The molecule has 4 heteroatoms. The lowest BCUT2D eigenvalue weighted by Gasteiger charge is -2.35. The number of ether oxygens (including phenoxy) is 2. The highest BCUT2D eigenvalue weighted by Crippen LogP contribution is 2.42. The fraction of sp³-hybridized carbons (Fsp3) is 0.562. The summed E-state index contributed by atoms with van der Waals surface area (Å²) in [6.45, 7) is 6.25. The summed E-state index contributed by atoms with van der Waals surface area (Å²) in [6, 6.07) is 3.45. The minimum absolute atomic E-state index is 0.156. The van der Waals surface area contributed by atoms with Crippen LogP contribution in [0.25, 0.3) is 0 Å². The van der Waals surface area contributed by atoms with E-state index < -0.39 is 0 Å². The molecule has 1 unspecified atom stereocenters. The molecule has 1 N–H and O–H groups in total. The third-order valence-electron chi connectivity index (χ3n) is 3.97. The van der Waals surface area contributed by atoms with Crippen LogP contribution in [-0.2, 0) is 0 Å². The van der Waals surface area contributed by atoms with Gasteiger partial charge in [-0.05, 0) is 32.4 Å². The maximum Gasteiger partial charge on any atom is 0.131 e. The first-order valence-corrected chi connectivity index (χ1v) is 7.19. The molecule has 1 aliphatic rings. The second-order valence-electron chi connectivity index (χ2n) is 5.17. The lowest BCUT2D eigenvalue weighted by atomic mass is 9.97. The van der Waals surface area contributed by atoms with Crippen molar-refractivity contribution in [2.45, 2.75) is 31.7 Å². The van der Waals surface area contributed by atoms with Gasteiger partial charge in [0.2, 0.25) is 0 Å². The van der Waals surface area contributed by atoms with Gasteiger partial charge in [0.15, 0.2) is 0 Å². The van der Waals surface area contributed by atoms with Gasteiger partial charge in [-0.3, -0.25) is 4.90 Å². The third-order valence-corrected chi connectivity index (χ3v) is 3.97. The molecule has 1 aromatic rings. The number of phenolic OH excluding ortho intramolecular Hbond substituents is 1. The standard InChI is InChI=1S/C16H24NO3/c1-4-13(17-8-6-5-7-9-17)16-14(19-2)10-12(18)11-15(16)20-3/h10-11,13,18H,1,4-9H2,2-3H3. The van der Waals surface area contributed by atoms with Crippen molar-refractivity contribution in [1.29, 1.82) is 0 Å². The molecule has 1 atom stereocenters. The molecule has 20 heavy (non-hydrogen) atoms. The first-order chi connectivity index (χ1) is 9.71. The lowest BCUT2D eigenvalue weighted by molar-refractivity contribution is 0.158. The molecule has 0 saturated carbocycles. The van der Waals surface area contributed by atoms with Gasteiger partial charge in [-0.15, -0.1) is 0 Å². The summed E-state index contributed by atoms with van der Waals surface area (Å²) in [7, 11) is 3.24. The Morgan fingerprint density at radius 2 is 1.70 bits per heavy atom. The van der Waals surface area contributed by atoms with Crippen molar-refractivity contribution in [2.75, 3.05) is 27.3 Å². The minimum atomic E-state index is 0.156. The number of phenols is 1. The monoisotopic (exact) mass is 278 g/mol. The van der Waals surface area contributed by atoms with Crippen molar-refractivity contribution in [1.82, 2.24) is 4.90 Å². The number of nitrogens with zero attached hydrogens (tertiary/aromatic N) is 1. The Morgan fingerprint density at radius 3 is 2.15 bits per heavy atom. The van der Waals surface area contributed by atoms with Crippen molar-refractivity contribution in [2.24, 2.45) is 0 Å². The molecule has 1 saturated heterocycles. The summed E-state index contributed by atoms with van der Waals surface area (Å²) in [5.74, 6) is 1.49. The average Bonchev–Trinajstić information content (AvgIpc) is 2.49. The number of aromatic hydroxyl groups is 1. The Kier molecular flexibility index (Phi) is 5.12. The van der Waals surface area contributed by atoms with Crippen molar-refractivity contribution < 1.29 is 14.6 Å². The van der Waals surface area contributed by atoms with Crippen LogP contribution < -0.4 is 9.47 Å². The molecule has 0 aliphatic carbocycles. The van der Waals surface area contributed by atoms with E-state index in [-0.39, 0.29) is 11.8 Å². The molecular formula is C16H24NO3. The fourth-order valence-electron chi connectivity index (χ4n) is 2.99. The second-order valence-corrected chi connectivity index (χ2v) is 5.17. The Balaban J connectivity index is 2.41. The Hall–Kier alpha value is -1.42. The third kappa shape index (κ3) is 3.01. The molecule has 0 bridgehead atoms. The van der Waals surface area contributed by atoms with Crippen LogP contribution in [0, 0.1) is 6.92 Å². The quantitative estimate of drug-likeness (QED) is 0.898. The van der Waals surface area contributed by atoms with E-state index >= 15 is 0 Å². The molecule has 1 heterocycles. The van der Waals surface area contributed by atoms with E-state index in [1.165, 1.54) is 19.3 Å². The smallest absolute Gasteiger partial charge is 0.131 e. The fourth-order valence-corrected chi connectivity index (χ4v) is 2.99. The number of methoxy groups -OCH3 is 2. The molecule has 4 nitrogen and oxygen atoms in total. The van der Waals surface area contributed by atoms with Gasteiger partial charge >= 0.3 is 0 Å². The summed E-state index contributed by atoms with van der Waals surface area (Å²) in [6.07, 6.45) is 4.49. The molecule has 0 spiro atoms. The zero-order chi connectivity index (χ0) is 14.5. The summed E-state index contributed by atoms with van der Waals surface area (Å²) in [5, 5.41) is 9.76. The molecule has 1 radical (unpaired) electrons. The van der Waals surface area contributed by atoms with Gasteiger partial charge in [-0.2, -0.15) is 0 Å². The predicted molar refractivity (Wildman–Crippen MR) is 79.3 cm³/mol. The minimum Gasteiger partial charge on any atom is -0.508 e. The van der Waals surface area contributed by atoms with E-state index in [4.69, 9.17) is 9.47 Å². The van der Waals surface area contributed by atoms with Gasteiger partial charge in [0.05, 0.1) is 19.8 Å². The van der Waals surface area contributed by atoms with Crippen LogP contribution in [0.1, 0.15) is 37.3 Å². The van der Waals surface area contributed by atoms with E-state index in [1.54, 1.807) is 26.4 Å². The van der Waals surface area contributed by atoms with Crippen LogP contribution >= 0.6 is 0 Å². The van der Waals surface area contributed by atoms with Crippen molar-refractivity contribution >= 4 is 0 Å². The zero-order valence-corrected chi connectivity index (χ0v) is 12.4. The second kappa shape index (κ2) is 6.84. The summed E-state index contributed by atoms with van der Waals surface area (Å²) < 4.78 is 10.9. The maximum absolute atomic E-state index is 9.76. The van der Waals surface area contributed by atoms with Crippen molar-refractivity contribution in [3.63, 3.8) is 0 Å². The maximum atomic E-state index is 9.76. The van der Waals surface area contributed by atoms with Crippen LogP contribution in [0.4, 0.5) is 0 Å². The van der Waals surface area contributed by atoms with Gasteiger partial charge in [-0.25, -0.2) is 0 Å². The predicted octanol–water partition coefficient (Wildman–Crippen LogP) is 3.16. The van der Waals surface area contributed by atoms with E-state index in [9.17, 15) is 5.11 Å². The zero-order valence-electron chi connectivity index (χ0n) is 12.4. The van der Waals surface area contributed by atoms with Gasteiger partial charge in [-0.1, -0.05) is 13.3 Å². The van der Waals surface area contributed by atoms with Gasteiger partial charge in [0.25, 0.3) is 0 Å². The SMILES string of the molecule is [CH2]CC(c1c(OC)cc(O)cc1OC)N1CCCCC1. The number of hydrogen-bond acceptors (Lipinski definition) is 4. The van der Waals surface area contributed by atoms with Crippen LogP contribution in [-0.4, -0.2) is 37.3 Å². The number of rotatable bonds is 5. The van der Waals surface area contributed by atoms with Crippen molar-refractivity contribution in [3.05, 3.63) is 24.6 Å². The first-order valence-electron chi connectivity index (χ1n) is 7.19. The highest BCUT2D eigenvalue weighted by atomic mass is 16.5. The molecule has 111 valence electrons. The summed E-state index contributed by atoms with van der Waals surface area (Å²) >= 11 is 0. The topological polar surface area (TPSA) is 41.9 Å². The molecule has 1 aromatic carbocycles. The molecule has 0 amide bonds. The Bertz CT molecular complexity index is 416. The largest absolute Gasteiger partial charge is 0.508 e. The molecular weight excluding hydrogens is 254 g/mol. The molecule has 1 fully saturated rings. The molecule has 1 aliphatic heterocycles. The van der Waals surface area contributed by atoms with Gasteiger partial charge in [0, 0.05) is 18.2 Å². The number of benzene rings is 1. The number of hydrogen-bond donors (Lipinski definition) is 1. The normalized spacial score (nSPS) is 17.8. The van der Waals surface area contributed by atoms with Crippen LogP contribution in [0.3, 0.4) is 0 Å². The van der Waals surface area contributed by atoms with E-state index in [2.05, 4.69) is 11.8 Å². The average molecular weight is 278 g/mol. The van der Waals surface area contributed by atoms with E-state index in [1.807, 2.05) is 0 Å². The van der Waals surface area contributed by atoms with Gasteiger partial charge in [0.1, 0.15) is 17.2 Å². The Labute approximate surface area is 121 Å². The van der Waals surface area contributed by atoms with Crippen LogP contribution in [0.2, 0.25) is 0 Å². The van der Waals surface area contributed by atoms with Crippen LogP contribution in [0.15, 0.2) is 12.1 Å². The lowest BCUT2D eigenvalue weighted by Crippen LogP contribution is -2.33. The van der Waals surface area contributed by atoms with Gasteiger partial charge < -0.3 is 14.6 Å². The van der Waals surface area contributed by atoms with E-state index in [0.717, 1.165) is 25.1 Å². The van der Waals surface area contributed by atoms with Crippen LogP contribution in [0.5, 0.6) is 17.2 Å². The highest BCUT2D eigenvalue weighted by molar-refractivity contribution is 5.52. The Morgan fingerprint density at radius 1 is 1.15 bits per heavy atom. The molecule has 2 rings (SSSR count). The highest BCUT2D eigenvalue weighted by Gasteiger charge is 2.27. The number of likely N-dealkylation sites (tertiary alicyclic amines) is 1.